The van der Waals surface area contributed by atoms with E-state index in [1.54, 1.807) is 42.6 Å². The number of nitrogens with zero attached hydrogens (tertiary/aromatic N) is 3. The lowest BCUT2D eigenvalue weighted by molar-refractivity contribution is -0.118. The molecule has 4 rings (SSSR count). The van der Waals surface area contributed by atoms with E-state index in [1.165, 1.54) is 30.6 Å². The summed E-state index contributed by atoms with van der Waals surface area (Å²) in [6, 6.07) is 15.6. The van der Waals surface area contributed by atoms with Crippen molar-refractivity contribution in [2.75, 3.05) is 24.9 Å². The van der Waals surface area contributed by atoms with Gasteiger partial charge in [0, 0.05) is 18.8 Å². The number of pyridine rings is 1. The SMILES string of the molecule is COc1ccc(S(=O)(=O)CCCC(=O)N(Cc2cccnc2)c2nc3c(OC)cccc3s2)cc1. The smallest absolute Gasteiger partial charge is 0.229 e. The fourth-order valence-electron chi connectivity index (χ4n) is 3.58. The normalized spacial score (nSPS) is 11.4. The molecule has 0 unspecified atom stereocenters. The van der Waals surface area contributed by atoms with Crippen molar-refractivity contribution in [3.8, 4) is 11.5 Å². The highest BCUT2D eigenvalue weighted by atomic mass is 32.2. The Labute approximate surface area is 208 Å². The predicted molar refractivity (Wildman–Crippen MR) is 136 cm³/mol. The molecule has 0 fully saturated rings. The third kappa shape index (κ3) is 5.77. The third-order valence-electron chi connectivity index (χ3n) is 5.41. The van der Waals surface area contributed by atoms with Gasteiger partial charge in [-0.05, 0) is 54.4 Å². The monoisotopic (exact) mass is 511 g/mol. The Balaban J connectivity index is 1.52. The molecular weight excluding hydrogens is 486 g/mol. The molecule has 0 bridgehead atoms. The fourth-order valence-corrected chi connectivity index (χ4v) is 5.89. The molecule has 182 valence electrons. The number of ether oxygens (including phenoxy) is 2. The van der Waals surface area contributed by atoms with Gasteiger partial charge >= 0.3 is 0 Å². The van der Waals surface area contributed by atoms with Crippen LogP contribution >= 0.6 is 11.3 Å². The zero-order valence-corrected chi connectivity index (χ0v) is 21.0. The van der Waals surface area contributed by atoms with Gasteiger partial charge in [-0.15, -0.1) is 0 Å². The average molecular weight is 512 g/mol. The van der Waals surface area contributed by atoms with Gasteiger partial charge in [0.25, 0.3) is 0 Å². The van der Waals surface area contributed by atoms with E-state index in [9.17, 15) is 13.2 Å². The summed E-state index contributed by atoms with van der Waals surface area (Å²) in [5.41, 5.74) is 1.53. The molecular formula is C25H25N3O5S2. The molecule has 1 amide bonds. The van der Waals surface area contributed by atoms with E-state index in [4.69, 9.17) is 9.47 Å². The number of fused-ring (bicyclic) bond motifs is 1. The molecule has 2 heterocycles. The first kappa shape index (κ1) is 24.6. The highest BCUT2D eigenvalue weighted by Gasteiger charge is 2.23. The molecule has 0 aliphatic heterocycles. The van der Waals surface area contributed by atoms with Crippen LogP contribution in [0.4, 0.5) is 5.13 Å². The van der Waals surface area contributed by atoms with Crippen LogP contribution in [0.15, 0.2) is 71.9 Å². The molecule has 0 radical (unpaired) electrons. The number of para-hydroxylation sites is 1. The van der Waals surface area contributed by atoms with Crippen molar-refractivity contribution in [1.29, 1.82) is 0 Å². The van der Waals surface area contributed by atoms with E-state index < -0.39 is 9.84 Å². The molecule has 2 aromatic carbocycles. The summed E-state index contributed by atoms with van der Waals surface area (Å²) in [6.45, 7) is 0.278. The minimum absolute atomic E-state index is 0.0582. The second-order valence-corrected chi connectivity index (χ2v) is 10.9. The Bertz CT molecular complexity index is 1400. The quantitative estimate of drug-likeness (QED) is 0.309. The number of carbonyl (C=O) groups is 1. The first-order valence-electron chi connectivity index (χ1n) is 10.9. The largest absolute Gasteiger partial charge is 0.497 e. The first-order valence-corrected chi connectivity index (χ1v) is 13.4. The number of aromatic nitrogens is 2. The summed E-state index contributed by atoms with van der Waals surface area (Å²) >= 11 is 1.39. The minimum atomic E-state index is -3.53. The number of thiazole rings is 1. The van der Waals surface area contributed by atoms with Crippen molar-refractivity contribution in [2.45, 2.75) is 24.3 Å². The van der Waals surface area contributed by atoms with Crippen LogP contribution in [0.5, 0.6) is 11.5 Å². The maximum Gasteiger partial charge on any atom is 0.229 e. The lowest BCUT2D eigenvalue weighted by atomic mass is 10.2. The number of anilines is 1. The maximum absolute atomic E-state index is 13.3. The Hall–Kier alpha value is -3.50. The van der Waals surface area contributed by atoms with Gasteiger partial charge in [-0.3, -0.25) is 14.7 Å². The van der Waals surface area contributed by atoms with E-state index in [-0.39, 0.29) is 35.9 Å². The first-order chi connectivity index (χ1) is 16.9. The molecule has 0 saturated heterocycles. The van der Waals surface area contributed by atoms with Crippen molar-refractivity contribution >= 4 is 42.4 Å². The number of hydrogen-bond donors (Lipinski definition) is 0. The van der Waals surface area contributed by atoms with Crippen LogP contribution in [0.3, 0.4) is 0 Å². The Morgan fingerprint density at radius 3 is 2.51 bits per heavy atom. The van der Waals surface area contributed by atoms with Crippen LogP contribution in [-0.2, 0) is 21.2 Å². The van der Waals surface area contributed by atoms with Gasteiger partial charge in [0.15, 0.2) is 15.0 Å². The number of rotatable bonds is 10. The molecule has 2 aromatic heterocycles. The van der Waals surface area contributed by atoms with Gasteiger partial charge in [-0.25, -0.2) is 13.4 Å². The Morgan fingerprint density at radius 2 is 1.83 bits per heavy atom. The number of hydrogen-bond acceptors (Lipinski definition) is 8. The van der Waals surface area contributed by atoms with Crippen LogP contribution in [0, 0.1) is 0 Å². The lowest BCUT2D eigenvalue weighted by Gasteiger charge is -2.20. The number of sulfone groups is 1. The third-order valence-corrected chi connectivity index (χ3v) is 8.27. The van der Waals surface area contributed by atoms with Crippen molar-refractivity contribution < 1.29 is 22.7 Å². The van der Waals surface area contributed by atoms with E-state index >= 15 is 0 Å². The summed E-state index contributed by atoms with van der Waals surface area (Å²) in [7, 11) is -0.425. The number of amides is 1. The topological polar surface area (TPSA) is 98.7 Å². The molecule has 4 aromatic rings. The summed E-state index contributed by atoms with van der Waals surface area (Å²) < 4.78 is 36.9. The predicted octanol–water partition coefficient (Wildman–Crippen LogP) is 4.50. The summed E-state index contributed by atoms with van der Waals surface area (Å²) in [5, 5.41) is 0.524. The van der Waals surface area contributed by atoms with Gasteiger partial charge in [-0.2, -0.15) is 0 Å². The zero-order valence-electron chi connectivity index (χ0n) is 19.4. The van der Waals surface area contributed by atoms with Crippen LogP contribution in [-0.4, -0.2) is 44.3 Å². The summed E-state index contributed by atoms with van der Waals surface area (Å²) in [6.07, 6.45) is 3.61. The van der Waals surface area contributed by atoms with E-state index in [2.05, 4.69) is 9.97 Å². The van der Waals surface area contributed by atoms with Gasteiger partial charge in [0.1, 0.15) is 17.0 Å². The molecule has 0 saturated carbocycles. The molecule has 0 aliphatic carbocycles. The van der Waals surface area contributed by atoms with E-state index in [1.807, 2.05) is 24.3 Å². The van der Waals surface area contributed by atoms with Gasteiger partial charge in [0.05, 0.1) is 36.1 Å². The highest BCUT2D eigenvalue weighted by molar-refractivity contribution is 7.91. The standard InChI is InChI=1S/C25H25N3O5S2/c1-32-19-10-12-20(13-11-19)35(30,31)15-5-9-23(29)28(17-18-6-4-14-26-16-18)25-27-24-21(33-2)7-3-8-22(24)34-25/h3-4,6-8,10-14,16H,5,9,15,17H2,1-2H3. The molecule has 35 heavy (non-hydrogen) atoms. The van der Waals surface area contributed by atoms with Crippen molar-refractivity contribution in [3.05, 3.63) is 72.6 Å². The molecule has 8 nitrogen and oxygen atoms in total. The van der Waals surface area contributed by atoms with Gasteiger partial charge < -0.3 is 9.47 Å². The molecule has 0 spiro atoms. The minimum Gasteiger partial charge on any atom is -0.497 e. The lowest BCUT2D eigenvalue weighted by Crippen LogP contribution is -2.30. The molecule has 0 atom stereocenters. The number of methoxy groups -OCH3 is 2. The second-order valence-electron chi connectivity index (χ2n) is 7.74. The van der Waals surface area contributed by atoms with Crippen LogP contribution in [0.2, 0.25) is 0 Å². The zero-order chi connectivity index (χ0) is 24.8. The fraction of sp³-hybridized carbons (Fsp3) is 0.240. The summed E-state index contributed by atoms with van der Waals surface area (Å²) in [5.74, 6) is 0.859. The van der Waals surface area contributed by atoms with Gasteiger partial charge in [0.2, 0.25) is 5.91 Å². The van der Waals surface area contributed by atoms with Crippen molar-refractivity contribution in [3.63, 3.8) is 0 Å². The molecule has 0 N–H and O–H groups in total. The summed E-state index contributed by atoms with van der Waals surface area (Å²) in [4.78, 5) is 23.9. The number of carbonyl (C=O) groups excluding carboxylic acids is 1. The highest BCUT2D eigenvalue weighted by Crippen LogP contribution is 2.35. The average Bonchev–Trinajstić information content (AvgIpc) is 3.32. The maximum atomic E-state index is 13.3. The van der Waals surface area contributed by atoms with E-state index in [0.717, 1.165) is 10.3 Å². The molecule has 10 heteroatoms. The van der Waals surface area contributed by atoms with Crippen molar-refractivity contribution in [2.24, 2.45) is 0 Å². The Morgan fingerprint density at radius 1 is 1.03 bits per heavy atom. The number of benzene rings is 2. The van der Waals surface area contributed by atoms with Crippen LogP contribution in [0.1, 0.15) is 18.4 Å². The second kappa shape index (κ2) is 10.8. The Kier molecular flexibility index (Phi) is 7.62. The van der Waals surface area contributed by atoms with Crippen molar-refractivity contribution in [1.82, 2.24) is 9.97 Å². The van der Waals surface area contributed by atoms with Crippen LogP contribution < -0.4 is 14.4 Å². The van der Waals surface area contributed by atoms with Crippen LogP contribution in [0.25, 0.3) is 10.2 Å². The molecule has 0 aliphatic rings. The van der Waals surface area contributed by atoms with Gasteiger partial charge in [-0.1, -0.05) is 23.5 Å². The van der Waals surface area contributed by atoms with E-state index in [0.29, 0.717) is 22.1 Å².